The van der Waals surface area contributed by atoms with Crippen LogP contribution < -0.4 is 0 Å². The summed E-state index contributed by atoms with van der Waals surface area (Å²) >= 11 is 3.62. The monoisotopic (exact) mass is 178 g/mol. The fraction of sp³-hybridized carbons (Fsp3) is 1.00. The van der Waals surface area contributed by atoms with Gasteiger partial charge in [-0.1, -0.05) is 25.7 Å². The van der Waals surface area contributed by atoms with Gasteiger partial charge in [0.05, 0.1) is 0 Å². The van der Waals surface area contributed by atoms with E-state index in [1.165, 1.54) is 25.7 Å². The summed E-state index contributed by atoms with van der Waals surface area (Å²) in [7, 11) is 0.203. The predicted molar refractivity (Wildman–Crippen MR) is 39.7 cm³/mol. The molecule has 0 aromatic rings. The molecule has 0 heterocycles. The molecule has 1 aliphatic rings. The van der Waals surface area contributed by atoms with E-state index in [0.717, 1.165) is 5.54 Å². The summed E-state index contributed by atoms with van der Waals surface area (Å²) in [6.07, 6.45) is 6.06. The lowest BCUT2D eigenvalue weighted by Crippen LogP contribution is -1.87. The first-order valence-corrected chi connectivity index (χ1v) is 7.71. The van der Waals surface area contributed by atoms with Crippen LogP contribution in [-0.4, -0.2) is 8.14 Å². The van der Waals surface area contributed by atoms with Crippen LogP contribution in [-0.2, 0) is 0 Å². The van der Waals surface area contributed by atoms with Gasteiger partial charge in [-0.05, 0) is 5.54 Å². The second kappa shape index (κ2) is 2.87. The lowest BCUT2D eigenvalue weighted by Gasteiger charge is -1.97. The summed E-state index contributed by atoms with van der Waals surface area (Å²) in [4.78, 5) is 0. The van der Waals surface area contributed by atoms with E-state index in [9.17, 15) is 0 Å². The van der Waals surface area contributed by atoms with Gasteiger partial charge in [-0.15, -0.1) is 15.3 Å². The Bertz CT molecular complexity index is 50.0. The van der Waals surface area contributed by atoms with Crippen LogP contribution in [0.3, 0.4) is 0 Å². The first-order chi connectivity index (χ1) is 3.43. The van der Waals surface area contributed by atoms with Crippen LogP contribution >= 0.6 is 15.3 Å². The zero-order valence-electron chi connectivity index (χ0n) is 4.49. The van der Waals surface area contributed by atoms with Crippen molar-refractivity contribution in [1.82, 2.24) is 0 Å². The van der Waals surface area contributed by atoms with Crippen molar-refractivity contribution in [3.8, 4) is 0 Å². The molecule has 0 aromatic carbocycles. The molecule has 0 bridgehead atoms. The van der Waals surface area contributed by atoms with E-state index in [1.807, 2.05) is 0 Å². The highest BCUT2D eigenvalue weighted by atomic mass is 79.9. The quantitative estimate of drug-likeness (QED) is 0.425. The summed E-state index contributed by atoms with van der Waals surface area (Å²) in [6, 6.07) is 0. The normalized spacial score (nSPS) is 25.3. The van der Waals surface area contributed by atoms with Gasteiger partial charge in [-0.25, -0.2) is 0 Å². The van der Waals surface area contributed by atoms with Crippen LogP contribution in [0.4, 0.5) is 0 Å². The Morgan fingerprint density at radius 3 is 2.14 bits per heavy atom. The molecule has 1 fully saturated rings. The Labute approximate surface area is 55.1 Å². The maximum Gasteiger partial charge on any atom is 0.102 e. The first kappa shape index (κ1) is 5.83. The molecule has 0 atom stereocenters. The molecule has 0 aromatic heterocycles. The second-order valence-electron chi connectivity index (χ2n) is 2.30. The molecule has 0 saturated heterocycles. The Kier molecular flexibility index (Phi) is 2.39. The lowest BCUT2D eigenvalue weighted by atomic mass is 10.4. The van der Waals surface area contributed by atoms with Crippen molar-refractivity contribution >= 4 is 23.4 Å². The van der Waals surface area contributed by atoms with E-state index in [1.54, 1.807) is 0 Å². The molecule has 1 rings (SSSR count). The summed E-state index contributed by atoms with van der Waals surface area (Å²) in [6.45, 7) is 0. The number of halogens is 1. The minimum atomic E-state index is 0.203. The van der Waals surface area contributed by atoms with Crippen molar-refractivity contribution < 1.29 is 0 Å². The standard InChI is InChI=1S/C5H11BrSi/c6-7-5-3-1-2-4-5/h5H,1-4,7H2. The highest BCUT2D eigenvalue weighted by Crippen LogP contribution is 2.29. The topological polar surface area (TPSA) is 0 Å². The molecule has 42 valence electrons. The average molecular weight is 179 g/mol. The Hall–Kier alpha value is 0.697. The van der Waals surface area contributed by atoms with Gasteiger partial charge in [-0.2, -0.15) is 0 Å². The van der Waals surface area contributed by atoms with Gasteiger partial charge < -0.3 is 0 Å². The van der Waals surface area contributed by atoms with Crippen LogP contribution in [0.25, 0.3) is 0 Å². The molecule has 0 N–H and O–H groups in total. The fourth-order valence-corrected chi connectivity index (χ4v) is 3.99. The van der Waals surface area contributed by atoms with E-state index < -0.39 is 0 Å². The van der Waals surface area contributed by atoms with Gasteiger partial charge in [0.1, 0.15) is 8.14 Å². The first-order valence-electron chi connectivity index (χ1n) is 2.99. The number of hydrogen-bond acceptors (Lipinski definition) is 0. The molecular weight excluding hydrogens is 168 g/mol. The summed E-state index contributed by atoms with van der Waals surface area (Å²) < 4.78 is 0. The van der Waals surface area contributed by atoms with Crippen LogP contribution in [0, 0.1) is 0 Å². The van der Waals surface area contributed by atoms with E-state index in [2.05, 4.69) is 15.3 Å². The largest absolute Gasteiger partial charge is 0.135 e. The molecule has 7 heavy (non-hydrogen) atoms. The predicted octanol–water partition coefficient (Wildman–Crippen LogP) is 1.83. The van der Waals surface area contributed by atoms with Gasteiger partial charge in [0.15, 0.2) is 0 Å². The third-order valence-electron chi connectivity index (χ3n) is 1.69. The summed E-state index contributed by atoms with van der Waals surface area (Å²) in [5.74, 6) is 0. The molecular formula is C5H11BrSi. The molecule has 0 amide bonds. The Balaban J connectivity index is 2.14. The van der Waals surface area contributed by atoms with Gasteiger partial charge >= 0.3 is 0 Å². The highest BCUT2D eigenvalue weighted by Gasteiger charge is 2.12. The van der Waals surface area contributed by atoms with E-state index in [4.69, 9.17) is 0 Å². The molecule has 0 nitrogen and oxygen atoms in total. The minimum Gasteiger partial charge on any atom is -0.135 e. The smallest absolute Gasteiger partial charge is 0.102 e. The van der Waals surface area contributed by atoms with Crippen LogP contribution in [0.1, 0.15) is 25.7 Å². The Morgan fingerprint density at radius 2 is 1.86 bits per heavy atom. The maximum atomic E-state index is 3.62. The lowest BCUT2D eigenvalue weighted by molar-refractivity contribution is 0.878. The van der Waals surface area contributed by atoms with Crippen molar-refractivity contribution in [1.29, 1.82) is 0 Å². The molecule has 1 saturated carbocycles. The maximum absolute atomic E-state index is 3.62. The zero-order valence-corrected chi connectivity index (χ0v) is 7.49. The van der Waals surface area contributed by atoms with E-state index in [0.29, 0.717) is 0 Å². The van der Waals surface area contributed by atoms with Crippen molar-refractivity contribution in [3.63, 3.8) is 0 Å². The number of rotatable bonds is 1. The van der Waals surface area contributed by atoms with Crippen LogP contribution in [0.15, 0.2) is 0 Å². The molecule has 1 aliphatic carbocycles. The average Bonchev–Trinajstić information content (AvgIpc) is 2.14. The zero-order chi connectivity index (χ0) is 5.11. The SMILES string of the molecule is Br[SiH2]C1CCCC1. The third-order valence-corrected chi connectivity index (χ3v) is 5.69. The minimum absolute atomic E-state index is 0.203. The van der Waals surface area contributed by atoms with Crippen molar-refractivity contribution in [2.75, 3.05) is 0 Å². The second-order valence-corrected chi connectivity index (χ2v) is 5.71. The van der Waals surface area contributed by atoms with Gasteiger partial charge in [0, 0.05) is 0 Å². The molecule has 0 unspecified atom stereocenters. The van der Waals surface area contributed by atoms with Gasteiger partial charge in [0.25, 0.3) is 0 Å². The summed E-state index contributed by atoms with van der Waals surface area (Å²) in [5.41, 5.74) is 1.15. The molecule has 2 heteroatoms. The molecule has 0 radical (unpaired) electrons. The molecule has 0 aliphatic heterocycles. The molecule has 0 spiro atoms. The van der Waals surface area contributed by atoms with Gasteiger partial charge in [0.2, 0.25) is 0 Å². The van der Waals surface area contributed by atoms with Crippen LogP contribution in [0.5, 0.6) is 0 Å². The van der Waals surface area contributed by atoms with Gasteiger partial charge in [-0.3, -0.25) is 0 Å². The summed E-state index contributed by atoms with van der Waals surface area (Å²) in [5, 5.41) is 0. The van der Waals surface area contributed by atoms with E-state index >= 15 is 0 Å². The third kappa shape index (κ3) is 1.57. The van der Waals surface area contributed by atoms with Crippen molar-refractivity contribution in [2.45, 2.75) is 31.2 Å². The number of hydrogen-bond donors (Lipinski definition) is 0. The fourth-order valence-electron chi connectivity index (χ4n) is 1.16. The van der Waals surface area contributed by atoms with Crippen LogP contribution in [0.2, 0.25) is 5.54 Å². The highest BCUT2D eigenvalue weighted by molar-refractivity contribution is 9.23. The Morgan fingerprint density at radius 1 is 1.29 bits per heavy atom. The van der Waals surface area contributed by atoms with E-state index in [-0.39, 0.29) is 8.14 Å². The van der Waals surface area contributed by atoms with Crippen molar-refractivity contribution in [2.24, 2.45) is 0 Å². The van der Waals surface area contributed by atoms with Crippen molar-refractivity contribution in [3.05, 3.63) is 0 Å².